The molecule has 0 saturated heterocycles. The molecule has 0 aliphatic carbocycles. The van der Waals surface area contributed by atoms with E-state index >= 15 is 0 Å². The summed E-state index contributed by atoms with van der Waals surface area (Å²) < 4.78 is 40.2. The number of alkyl halides is 3. The molecule has 4 rings (SSSR count). The molecule has 3 N–H and O–H groups in total. The highest BCUT2D eigenvalue weighted by Gasteiger charge is 2.30. The number of anilines is 2. The number of aromatic nitrogens is 4. The van der Waals surface area contributed by atoms with Crippen LogP contribution >= 0.6 is 0 Å². The van der Waals surface area contributed by atoms with E-state index in [4.69, 9.17) is 5.73 Å². The lowest BCUT2D eigenvalue weighted by atomic mass is 10.1. The SMILES string of the molecule is Cc1cnc(N)c2c(-c3ccc(C(=O)Nc4cc(C(F)(F)F)ccn4)cc3)ncn12. The number of hydrogen-bond acceptors (Lipinski definition) is 5. The van der Waals surface area contributed by atoms with Gasteiger partial charge in [0.05, 0.1) is 11.3 Å². The van der Waals surface area contributed by atoms with Crippen molar-refractivity contribution >= 4 is 23.1 Å². The molecule has 0 radical (unpaired) electrons. The van der Waals surface area contributed by atoms with Crippen LogP contribution in [0.4, 0.5) is 24.8 Å². The molecule has 0 spiro atoms. The predicted molar refractivity (Wildman–Crippen MR) is 105 cm³/mol. The Morgan fingerprint density at radius 1 is 1.10 bits per heavy atom. The van der Waals surface area contributed by atoms with Crippen LogP contribution in [-0.4, -0.2) is 25.3 Å². The molecule has 30 heavy (non-hydrogen) atoms. The van der Waals surface area contributed by atoms with E-state index in [1.165, 1.54) is 0 Å². The van der Waals surface area contributed by atoms with Crippen LogP contribution in [0.15, 0.2) is 55.1 Å². The van der Waals surface area contributed by atoms with Crippen molar-refractivity contribution in [3.63, 3.8) is 0 Å². The van der Waals surface area contributed by atoms with Crippen molar-refractivity contribution in [2.45, 2.75) is 13.1 Å². The van der Waals surface area contributed by atoms with Crippen molar-refractivity contribution in [1.82, 2.24) is 19.4 Å². The first-order valence-electron chi connectivity index (χ1n) is 8.77. The molecule has 3 heterocycles. The Morgan fingerprint density at radius 2 is 1.83 bits per heavy atom. The number of amides is 1. The maximum atomic E-state index is 12.8. The fraction of sp³-hybridized carbons (Fsp3) is 0.100. The topological polar surface area (TPSA) is 98.2 Å². The van der Waals surface area contributed by atoms with Crippen LogP contribution < -0.4 is 11.1 Å². The van der Waals surface area contributed by atoms with E-state index in [1.807, 2.05) is 11.3 Å². The van der Waals surface area contributed by atoms with Gasteiger partial charge in [-0.25, -0.2) is 15.0 Å². The Hall–Kier alpha value is -3.95. The third-order valence-corrected chi connectivity index (χ3v) is 4.53. The van der Waals surface area contributed by atoms with Crippen LogP contribution in [0.5, 0.6) is 0 Å². The van der Waals surface area contributed by atoms with E-state index in [-0.39, 0.29) is 11.4 Å². The van der Waals surface area contributed by atoms with Crippen LogP contribution in [0.1, 0.15) is 21.6 Å². The lowest BCUT2D eigenvalue weighted by molar-refractivity contribution is -0.137. The lowest BCUT2D eigenvalue weighted by Crippen LogP contribution is -2.14. The molecular formula is C20H15F3N6O. The number of nitrogens with zero attached hydrogens (tertiary/aromatic N) is 4. The average Bonchev–Trinajstić information content (AvgIpc) is 3.17. The Labute approximate surface area is 168 Å². The molecular weight excluding hydrogens is 397 g/mol. The fourth-order valence-corrected chi connectivity index (χ4v) is 3.00. The number of nitrogen functional groups attached to an aromatic ring is 1. The Balaban J connectivity index is 1.59. The number of fused-ring (bicyclic) bond motifs is 1. The number of hydrogen-bond donors (Lipinski definition) is 2. The van der Waals surface area contributed by atoms with Crippen LogP contribution in [0.25, 0.3) is 16.8 Å². The molecule has 0 unspecified atom stereocenters. The number of carbonyl (C=O) groups excluding carboxylic acids is 1. The highest BCUT2D eigenvalue weighted by Crippen LogP contribution is 2.30. The Morgan fingerprint density at radius 3 is 2.53 bits per heavy atom. The second-order valence-corrected chi connectivity index (χ2v) is 6.56. The lowest BCUT2D eigenvalue weighted by Gasteiger charge is -2.09. The van der Waals surface area contributed by atoms with E-state index in [0.29, 0.717) is 22.6 Å². The molecule has 1 aromatic carbocycles. The Kier molecular flexibility index (Phi) is 4.61. The second-order valence-electron chi connectivity index (χ2n) is 6.56. The summed E-state index contributed by atoms with van der Waals surface area (Å²) in [5, 5.41) is 2.37. The number of nitrogens with two attached hydrogens (primary N) is 1. The van der Waals surface area contributed by atoms with Crippen LogP contribution in [-0.2, 0) is 6.18 Å². The summed E-state index contributed by atoms with van der Waals surface area (Å²) in [5.41, 5.74) is 8.19. The number of carbonyl (C=O) groups is 1. The number of pyridine rings is 1. The zero-order chi connectivity index (χ0) is 21.5. The minimum atomic E-state index is -4.52. The van der Waals surface area contributed by atoms with Crippen LogP contribution in [0.3, 0.4) is 0 Å². The monoisotopic (exact) mass is 412 g/mol. The quantitative estimate of drug-likeness (QED) is 0.531. The summed E-state index contributed by atoms with van der Waals surface area (Å²) in [5.74, 6) is -0.445. The van der Waals surface area contributed by atoms with Gasteiger partial charge < -0.3 is 11.1 Å². The van der Waals surface area contributed by atoms with Gasteiger partial charge in [-0.1, -0.05) is 12.1 Å². The summed E-state index contributed by atoms with van der Waals surface area (Å²) in [4.78, 5) is 24.7. The maximum Gasteiger partial charge on any atom is 0.416 e. The molecule has 4 aromatic rings. The predicted octanol–water partition coefficient (Wildman–Crippen LogP) is 3.95. The number of benzene rings is 1. The number of imidazole rings is 1. The normalized spacial score (nSPS) is 11.6. The fourth-order valence-electron chi connectivity index (χ4n) is 3.00. The van der Waals surface area contributed by atoms with Gasteiger partial charge >= 0.3 is 6.18 Å². The zero-order valence-corrected chi connectivity index (χ0v) is 15.6. The first-order chi connectivity index (χ1) is 14.2. The Bertz CT molecular complexity index is 1250. The van der Waals surface area contributed by atoms with E-state index in [1.54, 1.807) is 36.8 Å². The highest BCUT2D eigenvalue weighted by atomic mass is 19.4. The minimum Gasteiger partial charge on any atom is -0.382 e. The summed E-state index contributed by atoms with van der Waals surface area (Å²) in [6.45, 7) is 1.88. The number of nitrogens with one attached hydrogen (secondary N) is 1. The van der Waals surface area contributed by atoms with Gasteiger partial charge in [0.25, 0.3) is 5.91 Å². The van der Waals surface area contributed by atoms with Crippen molar-refractivity contribution in [3.8, 4) is 11.3 Å². The molecule has 0 aliphatic heterocycles. The van der Waals surface area contributed by atoms with E-state index in [0.717, 1.165) is 24.0 Å². The molecule has 1 amide bonds. The van der Waals surface area contributed by atoms with Crippen molar-refractivity contribution in [1.29, 1.82) is 0 Å². The first-order valence-corrected chi connectivity index (χ1v) is 8.77. The van der Waals surface area contributed by atoms with Crippen molar-refractivity contribution in [3.05, 3.63) is 71.9 Å². The molecule has 152 valence electrons. The summed E-state index contributed by atoms with van der Waals surface area (Å²) >= 11 is 0. The smallest absolute Gasteiger partial charge is 0.382 e. The van der Waals surface area contributed by atoms with Crippen molar-refractivity contribution < 1.29 is 18.0 Å². The molecule has 0 fully saturated rings. The highest BCUT2D eigenvalue weighted by molar-refractivity contribution is 6.04. The first kappa shape index (κ1) is 19.4. The molecule has 3 aromatic heterocycles. The molecule has 0 bridgehead atoms. The molecule has 7 nitrogen and oxygen atoms in total. The van der Waals surface area contributed by atoms with Crippen LogP contribution in [0.2, 0.25) is 0 Å². The van der Waals surface area contributed by atoms with E-state index in [2.05, 4.69) is 20.3 Å². The van der Waals surface area contributed by atoms with E-state index < -0.39 is 17.6 Å². The summed E-state index contributed by atoms with van der Waals surface area (Å²) in [7, 11) is 0. The van der Waals surface area contributed by atoms with Gasteiger partial charge in [0, 0.05) is 29.2 Å². The minimum absolute atomic E-state index is 0.187. The van der Waals surface area contributed by atoms with Crippen molar-refractivity contribution in [2.24, 2.45) is 0 Å². The number of aryl methyl sites for hydroxylation is 1. The standard InChI is InChI=1S/C20H15F3N6O/c1-11-9-26-18(24)17-16(27-10-29(11)17)12-2-4-13(5-3-12)19(30)28-15-8-14(6-7-25-15)20(21,22)23/h2-10H,1H3,(H2,24,26)(H,25,28,30). The summed E-state index contributed by atoms with van der Waals surface area (Å²) in [6, 6.07) is 8.06. The molecule has 0 atom stereocenters. The number of halogens is 3. The molecule has 0 aliphatic rings. The second kappa shape index (κ2) is 7.14. The van der Waals surface area contributed by atoms with Gasteiger partial charge in [-0.2, -0.15) is 13.2 Å². The van der Waals surface area contributed by atoms with Gasteiger partial charge in [-0.15, -0.1) is 0 Å². The third kappa shape index (κ3) is 3.54. The van der Waals surface area contributed by atoms with Gasteiger partial charge in [0.2, 0.25) is 0 Å². The average molecular weight is 412 g/mol. The van der Waals surface area contributed by atoms with Gasteiger partial charge in [-0.05, 0) is 31.2 Å². The van der Waals surface area contributed by atoms with Gasteiger partial charge in [0.15, 0.2) is 0 Å². The largest absolute Gasteiger partial charge is 0.416 e. The van der Waals surface area contributed by atoms with E-state index in [9.17, 15) is 18.0 Å². The molecule has 0 saturated carbocycles. The van der Waals surface area contributed by atoms with Crippen molar-refractivity contribution in [2.75, 3.05) is 11.1 Å². The molecule has 10 heteroatoms. The van der Waals surface area contributed by atoms with Gasteiger partial charge in [-0.3, -0.25) is 9.20 Å². The summed E-state index contributed by atoms with van der Waals surface area (Å²) in [6.07, 6.45) is -0.251. The van der Waals surface area contributed by atoms with Crippen LogP contribution in [0, 0.1) is 6.92 Å². The third-order valence-electron chi connectivity index (χ3n) is 4.53. The number of rotatable bonds is 3. The zero-order valence-electron chi connectivity index (χ0n) is 15.6. The maximum absolute atomic E-state index is 12.8. The van der Waals surface area contributed by atoms with Gasteiger partial charge in [0.1, 0.15) is 23.5 Å².